The standard InChI is InChI=1S/C21H26ClNO2/c1-24-20-4-2-11-21(20)12-3-13-23(15-21)14-18-9-10-19(25-18)16-5-7-17(22)8-6-16/h5-10,20H,2-4,11-15H2,1H3/t20-,21-/m1/s1. The molecule has 2 fully saturated rings. The molecule has 4 rings (SSSR count). The molecule has 2 heterocycles. The highest BCUT2D eigenvalue weighted by atomic mass is 35.5. The Balaban J connectivity index is 1.45. The van der Waals surface area contributed by atoms with Crippen molar-refractivity contribution in [1.29, 1.82) is 0 Å². The summed E-state index contributed by atoms with van der Waals surface area (Å²) in [6, 6.07) is 12.0. The van der Waals surface area contributed by atoms with Gasteiger partial charge in [-0.05, 0) is 68.6 Å². The normalized spacial score (nSPS) is 27.2. The molecular formula is C21H26ClNO2. The van der Waals surface area contributed by atoms with Crippen molar-refractivity contribution >= 4 is 11.6 Å². The van der Waals surface area contributed by atoms with Crippen LogP contribution in [0.2, 0.25) is 5.02 Å². The molecule has 0 unspecified atom stereocenters. The van der Waals surface area contributed by atoms with Gasteiger partial charge in [-0.2, -0.15) is 0 Å². The summed E-state index contributed by atoms with van der Waals surface area (Å²) >= 11 is 5.97. The van der Waals surface area contributed by atoms with Gasteiger partial charge in [0.1, 0.15) is 11.5 Å². The average Bonchev–Trinajstić information content (AvgIpc) is 3.23. The van der Waals surface area contributed by atoms with Crippen molar-refractivity contribution in [3.05, 3.63) is 47.2 Å². The zero-order chi connectivity index (χ0) is 17.3. The van der Waals surface area contributed by atoms with E-state index >= 15 is 0 Å². The number of benzene rings is 1. The van der Waals surface area contributed by atoms with Crippen LogP contribution in [0, 0.1) is 5.41 Å². The van der Waals surface area contributed by atoms with Gasteiger partial charge in [0.15, 0.2) is 0 Å². The third-order valence-corrected chi connectivity index (χ3v) is 6.22. The fourth-order valence-corrected chi connectivity index (χ4v) is 4.91. The molecule has 1 saturated heterocycles. The first-order chi connectivity index (χ1) is 12.2. The molecule has 25 heavy (non-hydrogen) atoms. The summed E-state index contributed by atoms with van der Waals surface area (Å²) in [7, 11) is 1.88. The molecule has 1 saturated carbocycles. The van der Waals surface area contributed by atoms with E-state index in [1.165, 1.54) is 32.1 Å². The largest absolute Gasteiger partial charge is 0.460 e. The lowest BCUT2D eigenvalue weighted by Gasteiger charge is -2.43. The Morgan fingerprint density at radius 3 is 2.76 bits per heavy atom. The van der Waals surface area contributed by atoms with Gasteiger partial charge in [0.05, 0.1) is 12.6 Å². The zero-order valence-corrected chi connectivity index (χ0v) is 15.6. The predicted molar refractivity (Wildman–Crippen MR) is 101 cm³/mol. The van der Waals surface area contributed by atoms with Crippen LogP contribution in [0.1, 0.15) is 37.9 Å². The fraction of sp³-hybridized carbons (Fsp3) is 0.524. The van der Waals surface area contributed by atoms with Crippen LogP contribution >= 0.6 is 11.6 Å². The van der Waals surface area contributed by atoms with Gasteiger partial charge in [0, 0.05) is 29.7 Å². The molecule has 4 heteroatoms. The van der Waals surface area contributed by atoms with Crippen molar-refractivity contribution in [3.63, 3.8) is 0 Å². The maximum atomic E-state index is 6.10. The molecule has 1 aliphatic carbocycles. The molecule has 2 aromatic rings. The SMILES string of the molecule is CO[C@@H]1CCC[C@]12CCCN(Cc1ccc(-c3ccc(Cl)cc3)o1)C2. The van der Waals surface area contributed by atoms with E-state index in [2.05, 4.69) is 17.0 Å². The highest BCUT2D eigenvalue weighted by molar-refractivity contribution is 6.30. The molecular weight excluding hydrogens is 334 g/mol. The van der Waals surface area contributed by atoms with E-state index in [4.69, 9.17) is 20.8 Å². The Labute approximate surface area is 154 Å². The smallest absolute Gasteiger partial charge is 0.134 e. The van der Waals surface area contributed by atoms with Crippen molar-refractivity contribution in [3.8, 4) is 11.3 Å². The number of halogens is 1. The van der Waals surface area contributed by atoms with Crippen LogP contribution in [0.25, 0.3) is 11.3 Å². The Morgan fingerprint density at radius 2 is 1.96 bits per heavy atom. The van der Waals surface area contributed by atoms with E-state index < -0.39 is 0 Å². The first-order valence-electron chi connectivity index (χ1n) is 9.28. The Bertz CT molecular complexity index is 711. The maximum Gasteiger partial charge on any atom is 0.134 e. The highest BCUT2D eigenvalue weighted by Gasteiger charge is 2.45. The number of hydrogen-bond acceptors (Lipinski definition) is 3. The van der Waals surface area contributed by atoms with Gasteiger partial charge in [-0.1, -0.05) is 18.0 Å². The van der Waals surface area contributed by atoms with Gasteiger partial charge in [0.2, 0.25) is 0 Å². The van der Waals surface area contributed by atoms with Gasteiger partial charge in [-0.25, -0.2) is 0 Å². The Morgan fingerprint density at radius 1 is 1.16 bits per heavy atom. The Kier molecular flexibility index (Phi) is 4.90. The second kappa shape index (κ2) is 7.14. The lowest BCUT2D eigenvalue weighted by molar-refractivity contribution is -0.0377. The van der Waals surface area contributed by atoms with E-state index in [1.807, 2.05) is 31.4 Å². The van der Waals surface area contributed by atoms with E-state index in [1.54, 1.807) is 0 Å². The van der Waals surface area contributed by atoms with E-state index in [0.717, 1.165) is 41.7 Å². The minimum absolute atomic E-state index is 0.360. The summed E-state index contributed by atoms with van der Waals surface area (Å²) in [5.74, 6) is 1.95. The van der Waals surface area contributed by atoms with Crippen molar-refractivity contribution in [2.45, 2.75) is 44.8 Å². The number of ether oxygens (including phenoxy) is 1. The third-order valence-electron chi connectivity index (χ3n) is 5.97. The predicted octanol–water partition coefficient (Wildman–Crippen LogP) is 5.38. The summed E-state index contributed by atoms with van der Waals surface area (Å²) < 4.78 is 11.9. The molecule has 3 nitrogen and oxygen atoms in total. The molecule has 1 aromatic heterocycles. The first kappa shape index (κ1) is 17.1. The topological polar surface area (TPSA) is 25.6 Å². The van der Waals surface area contributed by atoms with Gasteiger partial charge in [-0.3, -0.25) is 4.90 Å². The minimum atomic E-state index is 0.360. The monoisotopic (exact) mass is 359 g/mol. The quantitative estimate of drug-likeness (QED) is 0.732. The van der Waals surface area contributed by atoms with E-state index in [9.17, 15) is 0 Å². The van der Waals surface area contributed by atoms with Crippen LogP contribution in [-0.4, -0.2) is 31.2 Å². The van der Waals surface area contributed by atoms with Crippen LogP contribution in [0.4, 0.5) is 0 Å². The second-order valence-electron chi connectivity index (χ2n) is 7.57. The number of hydrogen-bond donors (Lipinski definition) is 0. The van der Waals surface area contributed by atoms with Crippen LogP contribution < -0.4 is 0 Å². The summed E-state index contributed by atoms with van der Waals surface area (Å²) in [5.41, 5.74) is 1.43. The summed E-state index contributed by atoms with van der Waals surface area (Å²) in [4.78, 5) is 2.55. The van der Waals surface area contributed by atoms with Crippen molar-refractivity contribution < 1.29 is 9.15 Å². The number of likely N-dealkylation sites (tertiary alicyclic amines) is 1. The lowest BCUT2D eigenvalue weighted by atomic mass is 9.76. The molecule has 0 radical (unpaired) electrons. The minimum Gasteiger partial charge on any atom is -0.460 e. The maximum absolute atomic E-state index is 6.10. The molecule has 2 aliphatic rings. The molecule has 1 aliphatic heterocycles. The number of furan rings is 1. The fourth-order valence-electron chi connectivity index (χ4n) is 4.79. The van der Waals surface area contributed by atoms with Crippen LogP contribution in [-0.2, 0) is 11.3 Å². The van der Waals surface area contributed by atoms with Crippen LogP contribution in [0.15, 0.2) is 40.8 Å². The van der Waals surface area contributed by atoms with Crippen molar-refractivity contribution in [2.24, 2.45) is 5.41 Å². The molecule has 1 spiro atoms. The third kappa shape index (κ3) is 3.51. The molecule has 0 bridgehead atoms. The van der Waals surface area contributed by atoms with Gasteiger partial charge >= 0.3 is 0 Å². The lowest BCUT2D eigenvalue weighted by Crippen LogP contribution is -2.47. The van der Waals surface area contributed by atoms with E-state index in [0.29, 0.717) is 11.5 Å². The highest BCUT2D eigenvalue weighted by Crippen LogP contribution is 2.46. The summed E-state index contributed by atoms with van der Waals surface area (Å²) in [6.07, 6.45) is 6.80. The summed E-state index contributed by atoms with van der Waals surface area (Å²) in [6.45, 7) is 3.16. The first-order valence-corrected chi connectivity index (χ1v) is 9.66. The molecule has 1 aromatic carbocycles. The molecule has 0 N–H and O–H groups in total. The number of nitrogens with zero attached hydrogens (tertiary/aromatic N) is 1. The zero-order valence-electron chi connectivity index (χ0n) is 14.8. The second-order valence-corrected chi connectivity index (χ2v) is 8.00. The molecule has 2 atom stereocenters. The van der Waals surface area contributed by atoms with Crippen LogP contribution in [0.3, 0.4) is 0 Å². The van der Waals surface area contributed by atoms with Gasteiger partial charge in [-0.15, -0.1) is 0 Å². The van der Waals surface area contributed by atoms with E-state index in [-0.39, 0.29) is 0 Å². The van der Waals surface area contributed by atoms with Gasteiger partial charge in [0.25, 0.3) is 0 Å². The Hall–Kier alpha value is -1.29. The average molecular weight is 360 g/mol. The van der Waals surface area contributed by atoms with Crippen LogP contribution in [0.5, 0.6) is 0 Å². The number of piperidine rings is 1. The molecule has 134 valence electrons. The number of rotatable bonds is 4. The van der Waals surface area contributed by atoms with Crippen molar-refractivity contribution in [2.75, 3.05) is 20.2 Å². The van der Waals surface area contributed by atoms with Crippen molar-refractivity contribution in [1.82, 2.24) is 4.90 Å². The molecule has 0 amide bonds. The number of methoxy groups -OCH3 is 1. The summed E-state index contributed by atoms with van der Waals surface area (Å²) in [5, 5.41) is 0.749. The van der Waals surface area contributed by atoms with Gasteiger partial charge < -0.3 is 9.15 Å².